The Hall–Kier alpha value is -2.06. The molecule has 0 aromatic heterocycles. The van der Waals surface area contributed by atoms with Crippen molar-refractivity contribution in [1.29, 1.82) is 5.26 Å². The highest BCUT2D eigenvalue weighted by atomic mass is 16.6. The molecular weight excluding hydrogens is 230 g/mol. The fourth-order valence-electron chi connectivity index (χ4n) is 2.11. The molecule has 18 heavy (non-hydrogen) atoms. The zero-order chi connectivity index (χ0) is 13.0. The number of benzene rings is 1. The highest BCUT2D eigenvalue weighted by Crippen LogP contribution is 2.25. The van der Waals surface area contributed by atoms with Gasteiger partial charge in [0.1, 0.15) is 0 Å². The van der Waals surface area contributed by atoms with Crippen molar-refractivity contribution in [1.82, 2.24) is 0 Å². The number of nitrogens with zero attached hydrogens (tertiary/aromatic N) is 2. The van der Waals surface area contributed by atoms with E-state index in [0.717, 1.165) is 18.5 Å². The first-order valence-corrected chi connectivity index (χ1v) is 5.92. The zero-order valence-corrected chi connectivity index (χ0v) is 10.0. The van der Waals surface area contributed by atoms with Crippen LogP contribution < -0.4 is 10.6 Å². The van der Waals surface area contributed by atoms with Gasteiger partial charge in [0.2, 0.25) is 0 Å². The lowest BCUT2D eigenvalue weighted by Crippen LogP contribution is -2.46. The lowest BCUT2D eigenvalue weighted by atomic mass is 10.1. The van der Waals surface area contributed by atoms with E-state index >= 15 is 0 Å². The summed E-state index contributed by atoms with van der Waals surface area (Å²) >= 11 is 0. The van der Waals surface area contributed by atoms with E-state index in [1.807, 2.05) is 6.07 Å². The predicted molar refractivity (Wildman–Crippen MR) is 67.1 cm³/mol. The summed E-state index contributed by atoms with van der Waals surface area (Å²) in [4.78, 5) is 13.5. The van der Waals surface area contributed by atoms with Crippen molar-refractivity contribution in [3.63, 3.8) is 0 Å². The summed E-state index contributed by atoms with van der Waals surface area (Å²) < 4.78 is 5.06. The number of amides is 1. The van der Waals surface area contributed by atoms with Crippen LogP contribution in [0.5, 0.6) is 0 Å². The number of ether oxygens (including phenoxy) is 1. The Morgan fingerprint density at radius 2 is 2.17 bits per heavy atom. The molecular formula is C13H15N3O2. The van der Waals surface area contributed by atoms with Crippen molar-refractivity contribution < 1.29 is 9.53 Å². The Bertz CT molecular complexity index is 462. The molecule has 5 heteroatoms. The van der Waals surface area contributed by atoms with Crippen LogP contribution in [0.4, 0.5) is 10.5 Å². The van der Waals surface area contributed by atoms with Gasteiger partial charge in [0.25, 0.3) is 0 Å². The first-order valence-electron chi connectivity index (χ1n) is 5.92. The third kappa shape index (κ3) is 2.44. The van der Waals surface area contributed by atoms with Gasteiger partial charge in [0.15, 0.2) is 0 Å². The van der Waals surface area contributed by atoms with Crippen LogP contribution in [0.1, 0.15) is 18.4 Å². The van der Waals surface area contributed by atoms with E-state index in [0.29, 0.717) is 18.7 Å². The average Bonchev–Trinajstić information content (AvgIpc) is 2.40. The lowest BCUT2D eigenvalue weighted by molar-refractivity contribution is 0.128. The van der Waals surface area contributed by atoms with Gasteiger partial charge < -0.3 is 10.5 Å². The molecule has 2 rings (SSSR count). The number of anilines is 1. The maximum Gasteiger partial charge on any atom is 0.414 e. The molecule has 1 amide bonds. The highest BCUT2D eigenvalue weighted by molar-refractivity contribution is 5.89. The average molecular weight is 245 g/mol. The van der Waals surface area contributed by atoms with Crippen molar-refractivity contribution in [2.75, 3.05) is 18.1 Å². The number of carbonyl (C=O) groups is 1. The molecule has 1 heterocycles. The summed E-state index contributed by atoms with van der Waals surface area (Å²) in [6, 6.07) is 9.02. The van der Waals surface area contributed by atoms with Gasteiger partial charge in [-0.3, -0.25) is 4.90 Å². The number of hydrogen-bond acceptors (Lipinski definition) is 4. The molecule has 1 aromatic carbocycles. The third-order valence-corrected chi connectivity index (χ3v) is 3.01. The van der Waals surface area contributed by atoms with Crippen molar-refractivity contribution in [3.05, 3.63) is 29.8 Å². The van der Waals surface area contributed by atoms with E-state index in [9.17, 15) is 4.79 Å². The molecule has 1 atom stereocenters. The molecule has 0 saturated carbocycles. The van der Waals surface area contributed by atoms with Gasteiger partial charge in [-0.15, -0.1) is 0 Å². The molecule has 1 aliphatic rings. The molecule has 2 N–H and O–H groups in total. The Morgan fingerprint density at radius 1 is 1.44 bits per heavy atom. The van der Waals surface area contributed by atoms with Gasteiger partial charge in [0, 0.05) is 18.2 Å². The van der Waals surface area contributed by atoms with Crippen LogP contribution in [0, 0.1) is 11.3 Å². The van der Waals surface area contributed by atoms with Gasteiger partial charge in [-0.1, -0.05) is 0 Å². The van der Waals surface area contributed by atoms with Gasteiger partial charge in [-0.25, -0.2) is 4.79 Å². The second kappa shape index (κ2) is 5.52. The summed E-state index contributed by atoms with van der Waals surface area (Å²) in [5.41, 5.74) is 6.89. The molecule has 1 saturated heterocycles. The molecule has 0 radical (unpaired) electrons. The van der Waals surface area contributed by atoms with Crippen LogP contribution in [0.3, 0.4) is 0 Å². The van der Waals surface area contributed by atoms with Crippen LogP contribution in [0.15, 0.2) is 24.3 Å². The number of nitrogens with two attached hydrogens (primary N) is 1. The summed E-state index contributed by atoms with van der Waals surface area (Å²) in [7, 11) is 0. The van der Waals surface area contributed by atoms with E-state index in [1.165, 1.54) is 0 Å². The van der Waals surface area contributed by atoms with E-state index in [1.54, 1.807) is 29.2 Å². The predicted octanol–water partition coefficient (Wildman–Crippen LogP) is 1.62. The van der Waals surface area contributed by atoms with E-state index in [4.69, 9.17) is 15.7 Å². The summed E-state index contributed by atoms with van der Waals surface area (Å²) in [5, 5.41) is 8.76. The monoisotopic (exact) mass is 245 g/mol. The second-order valence-electron chi connectivity index (χ2n) is 4.16. The number of nitriles is 1. The van der Waals surface area contributed by atoms with E-state index in [-0.39, 0.29) is 12.1 Å². The van der Waals surface area contributed by atoms with Gasteiger partial charge in [-0.05, 0) is 37.2 Å². The Balaban J connectivity index is 2.25. The quantitative estimate of drug-likeness (QED) is 0.877. The second-order valence-corrected chi connectivity index (χ2v) is 4.16. The fraction of sp³-hybridized carbons (Fsp3) is 0.385. The minimum absolute atomic E-state index is 0.0733. The molecule has 5 nitrogen and oxygen atoms in total. The number of carbonyl (C=O) groups excluding carboxylic acids is 1. The maximum absolute atomic E-state index is 11.8. The van der Waals surface area contributed by atoms with Crippen molar-refractivity contribution >= 4 is 11.8 Å². The standard InChI is InChI=1S/C13H15N3O2/c14-7-5-12-6-8-18-13(17)16(12)11-3-1-10(9-15)2-4-11/h1-4,12H,5-8,14H2. The van der Waals surface area contributed by atoms with E-state index < -0.39 is 0 Å². The normalized spacial score (nSPS) is 19.2. The third-order valence-electron chi connectivity index (χ3n) is 3.01. The molecule has 1 aromatic rings. The van der Waals surface area contributed by atoms with Crippen molar-refractivity contribution in [2.45, 2.75) is 18.9 Å². The van der Waals surface area contributed by atoms with Crippen LogP contribution in [-0.4, -0.2) is 25.3 Å². The number of hydrogen-bond donors (Lipinski definition) is 1. The van der Waals surface area contributed by atoms with Gasteiger partial charge in [-0.2, -0.15) is 5.26 Å². The highest BCUT2D eigenvalue weighted by Gasteiger charge is 2.30. The minimum atomic E-state index is -0.343. The SMILES string of the molecule is N#Cc1ccc(N2C(=O)OCCC2CCN)cc1. The van der Waals surface area contributed by atoms with Gasteiger partial charge >= 0.3 is 6.09 Å². The van der Waals surface area contributed by atoms with E-state index in [2.05, 4.69) is 0 Å². The number of rotatable bonds is 3. The maximum atomic E-state index is 11.8. The largest absolute Gasteiger partial charge is 0.449 e. The van der Waals surface area contributed by atoms with Gasteiger partial charge in [0.05, 0.1) is 18.2 Å². The molecule has 94 valence electrons. The van der Waals surface area contributed by atoms with Crippen molar-refractivity contribution in [2.24, 2.45) is 5.73 Å². The molecule has 1 unspecified atom stereocenters. The van der Waals surface area contributed by atoms with Crippen LogP contribution in [0.2, 0.25) is 0 Å². The van der Waals surface area contributed by atoms with Crippen molar-refractivity contribution in [3.8, 4) is 6.07 Å². The zero-order valence-electron chi connectivity index (χ0n) is 10.0. The Morgan fingerprint density at radius 3 is 2.78 bits per heavy atom. The summed E-state index contributed by atoms with van der Waals surface area (Å²) in [6.07, 6.45) is 1.18. The smallest absolute Gasteiger partial charge is 0.414 e. The minimum Gasteiger partial charge on any atom is -0.449 e. The first-order chi connectivity index (χ1) is 8.76. The Labute approximate surface area is 106 Å². The number of cyclic esters (lactones) is 1. The molecule has 1 fully saturated rings. The van der Waals surface area contributed by atoms with Crippen LogP contribution >= 0.6 is 0 Å². The first kappa shape index (κ1) is 12.4. The summed E-state index contributed by atoms with van der Waals surface area (Å²) in [5.74, 6) is 0. The molecule has 0 aliphatic carbocycles. The topological polar surface area (TPSA) is 79.3 Å². The molecule has 1 aliphatic heterocycles. The summed E-state index contributed by atoms with van der Waals surface area (Å²) in [6.45, 7) is 0.973. The Kier molecular flexibility index (Phi) is 3.80. The lowest BCUT2D eigenvalue weighted by Gasteiger charge is -2.34. The van der Waals surface area contributed by atoms with Crippen LogP contribution in [-0.2, 0) is 4.74 Å². The molecule has 0 spiro atoms. The van der Waals surface area contributed by atoms with Crippen LogP contribution in [0.25, 0.3) is 0 Å². The molecule has 0 bridgehead atoms. The fourth-order valence-corrected chi connectivity index (χ4v) is 2.11.